The summed E-state index contributed by atoms with van der Waals surface area (Å²) in [6.45, 7) is 7.87. The van der Waals surface area contributed by atoms with Gasteiger partial charge in [-0.25, -0.2) is 0 Å². The highest BCUT2D eigenvalue weighted by molar-refractivity contribution is 5.10. The number of hydrogen-bond acceptors (Lipinski definition) is 4. The molecule has 1 aliphatic carbocycles. The highest BCUT2D eigenvalue weighted by atomic mass is 16.5. The van der Waals surface area contributed by atoms with E-state index in [1.165, 1.54) is 12.8 Å². The van der Waals surface area contributed by atoms with E-state index in [1.807, 2.05) is 6.07 Å². The summed E-state index contributed by atoms with van der Waals surface area (Å²) in [5.74, 6) is 1.20. The van der Waals surface area contributed by atoms with Gasteiger partial charge in [0.2, 0.25) is 0 Å². The van der Waals surface area contributed by atoms with E-state index >= 15 is 0 Å². The Kier molecular flexibility index (Phi) is 4.07. The lowest BCUT2D eigenvalue weighted by Crippen LogP contribution is -2.57. The van der Waals surface area contributed by atoms with Crippen LogP contribution in [0.25, 0.3) is 0 Å². The standard InChI is InChI=1S/C14H24N2O2/c1-4-5-15-13-7-10(14(13,2)3)6-11-8-12(9-17)18-16-11/h8,10,13,15,17H,4-7,9H2,1-3H3/t10-,13+/m1/s1. The zero-order valence-electron chi connectivity index (χ0n) is 11.6. The van der Waals surface area contributed by atoms with E-state index in [0.29, 0.717) is 23.1 Å². The number of hydrogen-bond donors (Lipinski definition) is 2. The minimum Gasteiger partial charge on any atom is -0.388 e. The summed E-state index contributed by atoms with van der Waals surface area (Å²) >= 11 is 0. The zero-order valence-corrected chi connectivity index (χ0v) is 11.6. The van der Waals surface area contributed by atoms with Gasteiger partial charge in [0.05, 0.1) is 5.69 Å². The normalized spacial score (nSPS) is 26.0. The Morgan fingerprint density at radius 3 is 2.89 bits per heavy atom. The molecule has 2 N–H and O–H groups in total. The molecule has 1 aliphatic rings. The Bertz CT molecular complexity index is 387. The topological polar surface area (TPSA) is 58.3 Å². The number of aliphatic hydroxyl groups excluding tert-OH is 1. The molecule has 4 heteroatoms. The smallest absolute Gasteiger partial charge is 0.162 e. The lowest BCUT2D eigenvalue weighted by atomic mass is 9.57. The third-order valence-electron chi connectivity index (χ3n) is 4.33. The molecule has 0 bridgehead atoms. The summed E-state index contributed by atoms with van der Waals surface area (Å²) in [6.07, 6.45) is 3.33. The SMILES string of the molecule is CCCN[C@H]1C[C@@H](Cc2cc(CO)on2)C1(C)C. The molecule has 2 rings (SSSR count). The largest absolute Gasteiger partial charge is 0.388 e. The third-order valence-corrected chi connectivity index (χ3v) is 4.33. The Morgan fingerprint density at radius 1 is 1.56 bits per heavy atom. The van der Waals surface area contributed by atoms with E-state index in [9.17, 15) is 0 Å². The van der Waals surface area contributed by atoms with Crippen LogP contribution >= 0.6 is 0 Å². The molecule has 1 aromatic heterocycles. The number of rotatable bonds is 6. The molecule has 102 valence electrons. The van der Waals surface area contributed by atoms with E-state index in [4.69, 9.17) is 9.63 Å². The summed E-state index contributed by atoms with van der Waals surface area (Å²) in [5, 5.41) is 16.6. The van der Waals surface area contributed by atoms with Crippen molar-refractivity contribution in [3.8, 4) is 0 Å². The second-order valence-corrected chi connectivity index (χ2v) is 5.91. The highest BCUT2D eigenvalue weighted by Crippen LogP contribution is 2.47. The predicted molar refractivity (Wildman–Crippen MR) is 70.1 cm³/mol. The van der Waals surface area contributed by atoms with Crippen LogP contribution in [0.2, 0.25) is 0 Å². The van der Waals surface area contributed by atoms with Crippen LogP contribution < -0.4 is 5.32 Å². The number of aliphatic hydroxyl groups is 1. The summed E-state index contributed by atoms with van der Waals surface area (Å²) < 4.78 is 5.03. The maximum absolute atomic E-state index is 8.95. The summed E-state index contributed by atoms with van der Waals surface area (Å²) in [7, 11) is 0. The van der Waals surface area contributed by atoms with Crippen molar-refractivity contribution in [1.82, 2.24) is 10.5 Å². The molecular weight excluding hydrogens is 228 g/mol. The molecule has 0 amide bonds. The van der Waals surface area contributed by atoms with Crippen molar-refractivity contribution in [2.45, 2.75) is 52.7 Å². The molecule has 4 nitrogen and oxygen atoms in total. The molecule has 18 heavy (non-hydrogen) atoms. The first kappa shape index (κ1) is 13.6. The quantitative estimate of drug-likeness (QED) is 0.814. The van der Waals surface area contributed by atoms with Gasteiger partial charge in [0.15, 0.2) is 5.76 Å². The first-order valence-corrected chi connectivity index (χ1v) is 6.86. The van der Waals surface area contributed by atoms with Crippen molar-refractivity contribution in [3.05, 3.63) is 17.5 Å². The number of nitrogens with one attached hydrogen (secondary N) is 1. The van der Waals surface area contributed by atoms with Crippen LogP contribution in [0.15, 0.2) is 10.6 Å². The van der Waals surface area contributed by atoms with Crippen molar-refractivity contribution < 1.29 is 9.63 Å². The summed E-state index contributed by atoms with van der Waals surface area (Å²) in [6, 6.07) is 2.48. The Labute approximate surface area is 109 Å². The average molecular weight is 252 g/mol. The summed E-state index contributed by atoms with van der Waals surface area (Å²) in [4.78, 5) is 0. The van der Waals surface area contributed by atoms with Gasteiger partial charge < -0.3 is 14.9 Å². The third kappa shape index (κ3) is 2.59. The molecule has 0 unspecified atom stereocenters. The van der Waals surface area contributed by atoms with Crippen LogP contribution in [0.1, 0.15) is 45.1 Å². The summed E-state index contributed by atoms with van der Waals surface area (Å²) in [5.41, 5.74) is 1.28. The van der Waals surface area contributed by atoms with Crippen LogP contribution in [0.3, 0.4) is 0 Å². The monoisotopic (exact) mass is 252 g/mol. The van der Waals surface area contributed by atoms with E-state index in [0.717, 1.165) is 18.7 Å². The molecule has 0 radical (unpaired) electrons. The highest BCUT2D eigenvalue weighted by Gasteiger charge is 2.47. The van der Waals surface area contributed by atoms with Gasteiger partial charge in [-0.05, 0) is 37.1 Å². The minimum atomic E-state index is -0.0677. The van der Waals surface area contributed by atoms with Crippen LogP contribution in [0.4, 0.5) is 0 Å². The zero-order chi connectivity index (χ0) is 13.2. The Hall–Kier alpha value is -0.870. The second-order valence-electron chi connectivity index (χ2n) is 5.91. The van der Waals surface area contributed by atoms with Gasteiger partial charge in [-0.2, -0.15) is 0 Å². The van der Waals surface area contributed by atoms with Gasteiger partial charge in [-0.15, -0.1) is 0 Å². The maximum atomic E-state index is 8.95. The molecule has 0 aliphatic heterocycles. The molecular formula is C14H24N2O2. The first-order chi connectivity index (χ1) is 8.57. The molecule has 1 heterocycles. The Morgan fingerprint density at radius 2 is 2.33 bits per heavy atom. The van der Waals surface area contributed by atoms with Crippen LogP contribution in [0, 0.1) is 11.3 Å². The van der Waals surface area contributed by atoms with Gasteiger partial charge in [-0.3, -0.25) is 0 Å². The van der Waals surface area contributed by atoms with Crippen molar-refractivity contribution >= 4 is 0 Å². The molecule has 1 fully saturated rings. The van der Waals surface area contributed by atoms with Gasteiger partial charge in [0.25, 0.3) is 0 Å². The molecule has 1 aromatic rings. The van der Waals surface area contributed by atoms with E-state index in [1.54, 1.807) is 0 Å². The fourth-order valence-corrected chi connectivity index (χ4v) is 2.81. The second kappa shape index (κ2) is 5.41. The minimum absolute atomic E-state index is 0.0677. The molecule has 0 spiro atoms. The van der Waals surface area contributed by atoms with Crippen molar-refractivity contribution in [2.75, 3.05) is 6.54 Å². The molecule has 0 saturated heterocycles. The number of aromatic nitrogens is 1. The van der Waals surface area contributed by atoms with Crippen molar-refractivity contribution in [2.24, 2.45) is 11.3 Å². The van der Waals surface area contributed by atoms with Gasteiger partial charge >= 0.3 is 0 Å². The van der Waals surface area contributed by atoms with Crippen molar-refractivity contribution in [3.63, 3.8) is 0 Å². The molecule has 0 aromatic carbocycles. The fraction of sp³-hybridized carbons (Fsp3) is 0.786. The first-order valence-electron chi connectivity index (χ1n) is 6.86. The molecule has 2 atom stereocenters. The van der Waals surface area contributed by atoms with E-state index in [-0.39, 0.29) is 6.61 Å². The van der Waals surface area contributed by atoms with E-state index < -0.39 is 0 Å². The van der Waals surface area contributed by atoms with Gasteiger partial charge in [-0.1, -0.05) is 25.9 Å². The number of nitrogens with zero attached hydrogens (tertiary/aromatic N) is 1. The average Bonchev–Trinajstić information content (AvgIpc) is 2.80. The van der Waals surface area contributed by atoms with Crippen molar-refractivity contribution in [1.29, 1.82) is 0 Å². The molecule has 1 saturated carbocycles. The van der Waals surface area contributed by atoms with Gasteiger partial charge in [0, 0.05) is 12.1 Å². The maximum Gasteiger partial charge on any atom is 0.162 e. The lowest BCUT2D eigenvalue weighted by molar-refractivity contribution is 0.0138. The Balaban J connectivity index is 1.88. The van der Waals surface area contributed by atoms with Crippen LogP contribution in [-0.2, 0) is 13.0 Å². The van der Waals surface area contributed by atoms with Gasteiger partial charge in [0.1, 0.15) is 6.61 Å². The van der Waals surface area contributed by atoms with Crippen LogP contribution in [-0.4, -0.2) is 22.8 Å². The lowest BCUT2D eigenvalue weighted by Gasteiger charge is -2.52. The predicted octanol–water partition coefficient (Wildman–Crippen LogP) is 2.12. The van der Waals surface area contributed by atoms with Crippen LogP contribution in [0.5, 0.6) is 0 Å². The van der Waals surface area contributed by atoms with E-state index in [2.05, 4.69) is 31.2 Å². The fourth-order valence-electron chi connectivity index (χ4n) is 2.81.